The Hall–Kier alpha value is -1.17. The number of hydrogen-bond donors (Lipinski definition) is 1. The van der Waals surface area contributed by atoms with Crippen LogP contribution in [0.15, 0.2) is 22.8 Å². The standard InChI is InChI=1S/C16H21BrN2O2/c1-10-7-12(3)13(8-11(10)2)16(20)15-14(17)9-18-19(15)5-6-21-4/h7-9,16,20H,5-6H2,1-4H3. The summed E-state index contributed by atoms with van der Waals surface area (Å²) < 4.78 is 7.69. The van der Waals surface area contributed by atoms with E-state index in [-0.39, 0.29) is 0 Å². The minimum Gasteiger partial charge on any atom is -0.383 e. The zero-order valence-corrected chi connectivity index (χ0v) is 14.4. The van der Waals surface area contributed by atoms with E-state index in [0.717, 1.165) is 21.3 Å². The monoisotopic (exact) mass is 352 g/mol. The molecular weight excluding hydrogens is 332 g/mol. The van der Waals surface area contributed by atoms with E-state index in [1.807, 2.05) is 6.92 Å². The highest BCUT2D eigenvalue weighted by Gasteiger charge is 2.21. The normalized spacial score (nSPS) is 12.7. The fraction of sp³-hybridized carbons (Fsp3) is 0.438. The van der Waals surface area contributed by atoms with Gasteiger partial charge < -0.3 is 9.84 Å². The average Bonchev–Trinajstić information content (AvgIpc) is 2.81. The fourth-order valence-electron chi connectivity index (χ4n) is 2.42. The Bertz CT molecular complexity index is 637. The topological polar surface area (TPSA) is 47.3 Å². The third kappa shape index (κ3) is 3.36. The Kier molecular flexibility index (Phi) is 5.19. The van der Waals surface area contributed by atoms with Gasteiger partial charge in [-0.05, 0) is 59.0 Å². The molecule has 1 atom stereocenters. The van der Waals surface area contributed by atoms with Crippen molar-refractivity contribution in [3.8, 4) is 0 Å². The quantitative estimate of drug-likeness (QED) is 0.897. The molecule has 21 heavy (non-hydrogen) atoms. The number of methoxy groups -OCH3 is 1. The first-order chi connectivity index (χ1) is 9.95. The highest BCUT2D eigenvalue weighted by atomic mass is 79.9. The number of hydrogen-bond acceptors (Lipinski definition) is 3. The van der Waals surface area contributed by atoms with E-state index in [2.05, 4.69) is 47.0 Å². The van der Waals surface area contributed by atoms with Crippen molar-refractivity contribution in [3.63, 3.8) is 0 Å². The van der Waals surface area contributed by atoms with E-state index in [0.29, 0.717) is 13.2 Å². The number of rotatable bonds is 5. The van der Waals surface area contributed by atoms with Crippen LogP contribution < -0.4 is 0 Å². The number of aliphatic hydroxyl groups is 1. The van der Waals surface area contributed by atoms with Crippen molar-refractivity contribution < 1.29 is 9.84 Å². The Morgan fingerprint density at radius 3 is 2.57 bits per heavy atom. The molecular formula is C16H21BrN2O2. The molecule has 4 nitrogen and oxygen atoms in total. The molecule has 0 saturated heterocycles. The van der Waals surface area contributed by atoms with Crippen molar-refractivity contribution >= 4 is 15.9 Å². The van der Waals surface area contributed by atoms with Crippen molar-refractivity contribution in [2.75, 3.05) is 13.7 Å². The highest BCUT2D eigenvalue weighted by Crippen LogP contribution is 2.31. The third-order valence-corrected chi connectivity index (χ3v) is 4.39. The van der Waals surface area contributed by atoms with Crippen LogP contribution in [0.5, 0.6) is 0 Å². The van der Waals surface area contributed by atoms with Crippen LogP contribution in [-0.4, -0.2) is 28.6 Å². The molecule has 0 aliphatic carbocycles. The van der Waals surface area contributed by atoms with Gasteiger partial charge in [0.2, 0.25) is 0 Å². The summed E-state index contributed by atoms with van der Waals surface area (Å²) in [5, 5.41) is 15.1. The average molecular weight is 353 g/mol. The predicted octanol–water partition coefficient (Wildman–Crippen LogP) is 3.30. The first kappa shape index (κ1) is 16.2. The lowest BCUT2D eigenvalue weighted by Gasteiger charge is -2.18. The van der Waals surface area contributed by atoms with Gasteiger partial charge in [0.25, 0.3) is 0 Å². The van der Waals surface area contributed by atoms with Gasteiger partial charge in [-0.15, -0.1) is 0 Å². The molecule has 1 N–H and O–H groups in total. The van der Waals surface area contributed by atoms with Crippen molar-refractivity contribution in [2.24, 2.45) is 0 Å². The predicted molar refractivity (Wildman–Crippen MR) is 86.5 cm³/mol. The molecule has 1 unspecified atom stereocenters. The molecule has 0 spiro atoms. The van der Waals surface area contributed by atoms with Crippen LogP contribution in [-0.2, 0) is 11.3 Å². The molecule has 1 aromatic carbocycles. The van der Waals surface area contributed by atoms with Gasteiger partial charge in [0.05, 0.1) is 29.5 Å². The van der Waals surface area contributed by atoms with Crippen molar-refractivity contribution in [2.45, 2.75) is 33.4 Å². The SMILES string of the molecule is COCCn1ncc(Br)c1C(O)c1cc(C)c(C)cc1C. The Balaban J connectivity index is 2.42. The van der Waals surface area contributed by atoms with Crippen LogP contribution in [0.1, 0.15) is 34.1 Å². The van der Waals surface area contributed by atoms with Crippen LogP contribution in [0.4, 0.5) is 0 Å². The molecule has 0 radical (unpaired) electrons. The third-order valence-electron chi connectivity index (χ3n) is 3.78. The van der Waals surface area contributed by atoms with Crippen molar-refractivity contribution in [1.29, 1.82) is 0 Å². The number of ether oxygens (including phenoxy) is 1. The lowest BCUT2D eigenvalue weighted by Crippen LogP contribution is -2.14. The van der Waals surface area contributed by atoms with Crippen LogP contribution in [0.25, 0.3) is 0 Å². The van der Waals surface area contributed by atoms with Gasteiger partial charge in [0.15, 0.2) is 0 Å². The molecule has 0 aliphatic rings. The lowest BCUT2D eigenvalue weighted by atomic mass is 9.96. The molecule has 2 rings (SSSR count). The minimum atomic E-state index is -0.710. The van der Waals surface area contributed by atoms with Crippen LogP contribution >= 0.6 is 15.9 Å². The molecule has 5 heteroatoms. The first-order valence-electron chi connectivity index (χ1n) is 6.91. The number of halogens is 1. The van der Waals surface area contributed by atoms with Gasteiger partial charge in [-0.2, -0.15) is 5.10 Å². The van der Waals surface area contributed by atoms with E-state index < -0.39 is 6.10 Å². The van der Waals surface area contributed by atoms with E-state index >= 15 is 0 Å². The molecule has 2 aromatic rings. The number of benzene rings is 1. The maximum atomic E-state index is 10.8. The molecule has 0 amide bonds. The summed E-state index contributed by atoms with van der Waals surface area (Å²) in [5.41, 5.74) is 5.16. The zero-order chi connectivity index (χ0) is 15.6. The van der Waals surface area contributed by atoms with Gasteiger partial charge in [-0.25, -0.2) is 0 Å². The summed E-state index contributed by atoms with van der Waals surface area (Å²) in [7, 11) is 1.65. The molecule has 1 heterocycles. The first-order valence-corrected chi connectivity index (χ1v) is 7.71. The minimum absolute atomic E-state index is 0.555. The second-order valence-corrected chi connectivity index (χ2v) is 6.14. The maximum Gasteiger partial charge on any atom is 0.122 e. The van der Waals surface area contributed by atoms with Gasteiger partial charge in [-0.3, -0.25) is 4.68 Å². The zero-order valence-electron chi connectivity index (χ0n) is 12.9. The molecule has 114 valence electrons. The number of aryl methyl sites for hydroxylation is 3. The summed E-state index contributed by atoms with van der Waals surface area (Å²) in [6.45, 7) is 7.33. The van der Waals surface area contributed by atoms with Crippen molar-refractivity contribution in [3.05, 3.63) is 50.8 Å². The van der Waals surface area contributed by atoms with E-state index in [1.54, 1.807) is 18.0 Å². The molecule has 0 aliphatic heterocycles. The second kappa shape index (κ2) is 6.73. The number of nitrogens with zero attached hydrogens (tertiary/aromatic N) is 2. The smallest absolute Gasteiger partial charge is 0.122 e. The van der Waals surface area contributed by atoms with E-state index in [1.165, 1.54) is 11.1 Å². The second-order valence-electron chi connectivity index (χ2n) is 5.29. The summed E-state index contributed by atoms with van der Waals surface area (Å²) >= 11 is 3.48. The summed E-state index contributed by atoms with van der Waals surface area (Å²) in [6.07, 6.45) is 1.00. The lowest BCUT2D eigenvalue weighted by molar-refractivity contribution is 0.171. The molecule has 0 bridgehead atoms. The summed E-state index contributed by atoms with van der Waals surface area (Å²) in [5.74, 6) is 0. The summed E-state index contributed by atoms with van der Waals surface area (Å²) in [4.78, 5) is 0. The van der Waals surface area contributed by atoms with Crippen molar-refractivity contribution in [1.82, 2.24) is 9.78 Å². The summed E-state index contributed by atoms with van der Waals surface area (Å²) in [6, 6.07) is 4.16. The van der Waals surface area contributed by atoms with E-state index in [9.17, 15) is 5.11 Å². The van der Waals surface area contributed by atoms with Gasteiger partial charge in [0.1, 0.15) is 6.10 Å². The van der Waals surface area contributed by atoms with Gasteiger partial charge in [-0.1, -0.05) is 12.1 Å². The number of aliphatic hydroxyl groups excluding tert-OH is 1. The van der Waals surface area contributed by atoms with Gasteiger partial charge in [0, 0.05) is 7.11 Å². The Morgan fingerprint density at radius 1 is 1.24 bits per heavy atom. The highest BCUT2D eigenvalue weighted by molar-refractivity contribution is 9.10. The largest absolute Gasteiger partial charge is 0.383 e. The molecule has 0 fully saturated rings. The van der Waals surface area contributed by atoms with Crippen LogP contribution in [0, 0.1) is 20.8 Å². The van der Waals surface area contributed by atoms with Crippen LogP contribution in [0.3, 0.4) is 0 Å². The Morgan fingerprint density at radius 2 is 1.90 bits per heavy atom. The van der Waals surface area contributed by atoms with E-state index in [4.69, 9.17) is 4.74 Å². The number of aromatic nitrogens is 2. The van der Waals surface area contributed by atoms with Crippen LogP contribution in [0.2, 0.25) is 0 Å². The maximum absolute atomic E-state index is 10.8. The van der Waals surface area contributed by atoms with Gasteiger partial charge >= 0.3 is 0 Å². The molecule has 1 aromatic heterocycles. The Labute approximate surface area is 133 Å². The molecule has 0 saturated carbocycles. The fourth-order valence-corrected chi connectivity index (χ4v) is 2.94.